The van der Waals surface area contributed by atoms with Crippen molar-refractivity contribution < 1.29 is 22.3 Å². The van der Waals surface area contributed by atoms with Crippen LogP contribution in [0, 0.1) is 5.82 Å². The van der Waals surface area contributed by atoms with Gasteiger partial charge in [0.05, 0.1) is 5.75 Å². The predicted octanol–water partition coefficient (Wildman–Crippen LogP) is 2.99. The van der Waals surface area contributed by atoms with Crippen molar-refractivity contribution in [1.29, 1.82) is 0 Å². The third-order valence-corrected chi connectivity index (χ3v) is 6.14. The van der Waals surface area contributed by atoms with Crippen molar-refractivity contribution in [2.45, 2.75) is 51.0 Å². The molecule has 1 aliphatic rings. The van der Waals surface area contributed by atoms with Crippen molar-refractivity contribution >= 4 is 16.1 Å². The van der Waals surface area contributed by atoms with E-state index in [1.165, 1.54) is 35.6 Å². The zero-order valence-corrected chi connectivity index (χ0v) is 16.6. The number of nitrogens with zero attached hydrogens (tertiary/aromatic N) is 2. The van der Waals surface area contributed by atoms with Crippen molar-refractivity contribution in [2.75, 3.05) is 20.1 Å². The lowest BCUT2D eigenvalue weighted by Crippen LogP contribution is -2.51. The maximum absolute atomic E-state index is 13.0. The van der Waals surface area contributed by atoms with Crippen LogP contribution >= 0.6 is 0 Å². The summed E-state index contributed by atoms with van der Waals surface area (Å²) in [4.78, 5) is 13.8. The topological polar surface area (TPSA) is 66.9 Å². The maximum atomic E-state index is 13.0. The molecular weight excluding hydrogens is 359 g/mol. The molecule has 1 aromatic rings. The first-order valence-corrected chi connectivity index (χ1v) is 10.3. The molecule has 0 bridgehead atoms. The van der Waals surface area contributed by atoms with Crippen LogP contribution in [0.4, 0.5) is 9.18 Å². The predicted molar refractivity (Wildman–Crippen MR) is 97.6 cm³/mol. The Hall–Kier alpha value is -1.67. The Morgan fingerprint density at radius 2 is 1.92 bits per heavy atom. The minimum atomic E-state index is -3.58. The third kappa shape index (κ3) is 5.67. The van der Waals surface area contributed by atoms with Gasteiger partial charge in [0.15, 0.2) is 0 Å². The second kappa shape index (κ2) is 7.92. The van der Waals surface area contributed by atoms with Crippen molar-refractivity contribution in [3.8, 4) is 0 Å². The number of carbonyl (C=O) groups excluding carboxylic acids is 1. The Bertz CT molecular complexity index is 729. The Kier molecular flexibility index (Phi) is 6.29. The van der Waals surface area contributed by atoms with E-state index in [2.05, 4.69) is 0 Å². The van der Waals surface area contributed by atoms with Gasteiger partial charge >= 0.3 is 6.09 Å². The van der Waals surface area contributed by atoms with Gasteiger partial charge in [-0.25, -0.2) is 17.6 Å². The van der Waals surface area contributed by atoms with Gasteiger partial charge in [-0.3, -0.25) is 0 Å². The highest BCUT2D eigenvalue weighted by molar-refractivity contribution is 7.88. The summed E-state index contributed by atoms with van der Waals surface area (Å²) < 4.78 is 45.1. The minimum absolute atomic E-state index is 0.202. The molecule has 1 aliphatic heterocycles. The molecule has 0 spiro atoms. The lowest BCUT2D eigenvalue weighted by molar-refractivity contribution is 0.0163. The number of likely N-dealkylation sites (N-methyl/N-ethyl adjacent to an activating group) is 1. The molecule has 0 aromatic heterocycles. The molecule has 1 amide bonds. The van der Waals surface area contributed by atoms with E-state index in [4.69, 9.17) is 4.74 Å². The van der Waals surface area contributed by atoms with Gasteiger partial charge in [0.25, 0.3) is 0 Å². The number of rotatable bonds is 4. The van der Waals surface area contributed by atoms with E-state index >= 15 is 0 Å². The molecule has 2 rings (SSSR count). The maximum Gasteiger partial charge on any atom is 0.410 e. The normalized spacial score (nSPS) is 18.8. The lowest BCUT2D eigenvalue weighted by Gasteiger charge is -2.37. The van der Waals surface area contributed by atoms with Crippen molar-refractivity contribution in [2.24, 2.45) is 0 Å². The molecule has 1 aromatic carbocycles. The highest BCUT2D eigenvalue weighted by atomic mass is 32.2. The second-order valence-corrected chi connectivity index (χ2v) is 9.65. The van der Waals surface area contributed by atoms with Crippen LogP contribution in [0.3, 0.4) is 0 Å². The van der Waals surface area contributed by atoms with Crippen LogP contribution in [0.1, 0.15) is 39.2 Å². The summed E-state index contributed by atoms with van der Waals surface area (Å²) in [6, 6.07) is 5.12. The summed E-state index contributed by atoms with van der Waals surface area (Å²) in [6.45, 7) is 6.24. The van der Waals surface area contributed by atoms with E-state index in [0.29, 0.717) is 31.5 Å². The number of benzene rings is 1. The van der Waals surface area contributed by atoms with Gasteiger partial charge in [0, 0.05) is 26.2 Å². The zero-order valence-electron chi connectivity index (χ0n) is 15.7. The molecule has 1 heterocycles. The second-order valence-electron chi connectivity index (χ2n) is 7.62. The SMILES string of the molecule is CN([C@@H]1CCCN(C(=O)OC(C)(C)C)C1)S(=O)(=O)Cc1ccc(F)cc1. The zero-order chi connectivity index (χ0) is 19.5. The standard InChI is InChI=1S/C18H27FN2O4S/c1-18(2,3)25-17(22)21-11-5-6-16(12-21)20(4)26(23,24)13-14-7-9-15(19)10-8-14/h7-10,16H,5-6,11-13H2,1-4H3/t16-/m1/s1. The summed E-state index contributed by atoms with van der Waals surface area (Å²) in [5.41, 5.74) is -0.0667. The van der Waals surface area contributed by atoms with Gasteiger partial charge in [0.2, 0.25) is 10.0 Å². The molecule has 8 heteroatoms. The van der Waals surface area contributed by atoms with Gasteiger partial charge in [-0.1, -0.05) is 12.1 Å². The van der Waals surface area contributed by atoms with E-state index < -0.39 is 27.5 Å². The van der Waals surface area contributed by atoms with Crippen LogP contribution in [0.15, 0.2) is 24.3 Å². The molecular formula is C18H27FN2O4S. The van der Waals surface area contributed by atoms with Crippen LogP contribution < -0.4 is 0 Å². The molecule has 0 radical (unpaired) electrons. The molecule has 0 unspecified atom stereocenters. The van der Waals surface area contributed by atoms with Gasteiger partial charge in [-0.05, 0) is 51.3 Å². The number of carbonyl (C=O) groups is 1. The quantitative estimate of drug-likeness (QED) is 0.798. The van der Waals surface area contributed by atoms with Gasteiger partial charge in [-0.15, -0.1) is 0 Å². The largest absolute Gasteiger partial charge is 0.444 e. The van der Waals surface area contributed by atoms with Gasteiger partial charge in [0.1, 0.15) is 11.4 Å². The summed E-state index contributed by atoms with van der Waals surface area (Å²) in [5.74, 6) is -0.605. The fourth-order valence-electron chi connectivity index (χ4n) is 2.86. The summed E-state index contributed by atoms with van der Waals surface area (Å²) in [7, 11) is -2.05. The van der Waals surface area contributed by atoms with Crippen LogP contribution in [0.5, 0.6) is 0 Å². The molecule has 1 atom stereocenters. The van der Waals surface area contributed by atoms with Crippen LogP contribution in [-0.2, 0) is 20.5 Å². The summed E-state index contributed by atoms with van der Waals surface area (Å²) in [5, 5.41) is 0. The smallest absolute Gasteiger partial charge is 0.410 e. The molecule has 0 N–H and O–H groups in total. The number of sulfonamides is 1. The molecule has 0 aliphatic carbocycles. The van der Waals surface area contributed by atoms with E-state index in [-0.39, 0.29) is 11.8 Å². The number of amides is 1. The Morgan fingerprint density at radius 1 is 1.31 bits per heavy atom. The average Bonchev–Trinajstić information content (AvgIpc) is 2.54. The Morgan fingerprint density at radius 3 is 2.50 bits per heavy atom. The first kappa shape index (κ1) is 20.6. The average molecular weight is 386 g/mol. The monoisotopic (exact) mass is 386 g/mol. The number of piperidine rings is 1. The van der Waals surface area contributed by atoms with Crippen molar-refractivity contribution in [3.05, 3.63) is 35.6 Å². The molecule has 26 heavy (non-hydrogen) atoms. The van der Waals surface area contributed by atoms with Crippen LogP contribution in [-0.4, -0.2) is 55.5 Å². The highest BCUT2D eigenvalue weighted by Gasteiger charge is 2.33. The number of likely N-dealkylation sites (tertiary alicyclic amines) is 1. The van der Waals surface area contributed by atoms with Crippen molar-refractivity contribution in [1.82, 2.24) is 9.21 Å². The number of hydrogen-bond acceptors (Lipinski definition) is 4. The molecule has 1 saturated heterocycles. The van der Waals surface area contributed by atoms with E-state index in [1.807, 2.05) is 0 Å². The van der Waals surface area contributed by atoms with Gasteiger partial charge in [-0.2, -0.15) is 4.31 Å². The number of halogens is 1. The molecule has 1 fully saturated rings. The van der Waals surface area contributed by atoms with Gasteiger partial charge < -0.3 is 9.64 Å². The molecule has 0 saturated carbocycles. The summed E-state index contributed by atoms with van der Waals surface area (Å²) in [6.07, 6.45) is 0.963. The van der Waals surface area contributed by atoms with Crippen LogP contribution in [0.2, 0.25) is 0 Å². The first-order valence-electron chi connectivity index (χ1n) is 8.66. The summed E-state index contributed by atoms with van der Waals surface area (Å²) >= 11 is 0. The molecule has 146 valence electrons. The van der Waals surface area contributed by atoms with E-state index in [0.717, 1.165) is 0 Å². The number of ether oxygens (including phenoxy) is 1. The van der Waals surface area contributed by atoms with Crippen molar-refractivity contribution in [3.63, 3.8) is 0 Å². The minimum Gasteiger partial charge on any atom is -0.444 e. The van der Waals surface area contributed by atoms with E-state index in [9.17, 15) is 17.6 Å². The molecule has 6 nitrogen and oxygen atoms in total. The van der Waals surface area contributed by atoms with E-state index in [1.54, 1.807) is 25.7 Å². The van der Waals surface area contributed by atoms with Crippen LogP contribution in [0.25, 0.3) is 0 Å². The Balaban J connectivity index is 2.04. The Labute approximate surface area is 155 Å². The first-order chi connectivity index (χ1) is 12.0. The fraction of sp³-hybridized carbons (Fsp3) is 0.611. The number of hydrogen-bond donors (Lipinski definition) is 0. The fourth-order valence-corrected chi connectivity index (χ4v) is 4.31. The third-order valence-electron chi connectivity index (χ3n) is 4.26. The lowest BCUT2D eigenvalue weighted by atomic mass is 10.1. The highest BCUT2D eigenvalue weighted by Crippen LogP contribution is 2.21.